The van der Waals surface area contributed by atoms with Crippen LogP contribution in [0.4, 0.5) is 0 Å². The molecule has 0 spiro atoms. The van der Waals surface area contributed by atoms with Crippen molar-refractivity contribution in [2.45, 2.75) is 19.8 Å². The Morgan fingerprint density at radius 1 is 1.17 bits per heavy atom. The van der Waals surface area contributed by atoms with E-state index in [9.17, 15) is 0 Å². The SMILES string of the molecule is C=CCC(=C/C)/C(=C\N)CC=C. The molecule has 0 aromatic carbocycles. The fraction of sp³-hybridized carbons (Fsp3) is 0.273. The highest BCUT2D eigenvalue weighted by Crippen LogP contribution is 2.17. The van der Waals surface area contributed by atoms with E-state index in [1.807, 2.05) is 19.1 Å². The van der Waals surface area contributed by atoms with Gasteiger partial charge in [0.25, 0.3) is 0 Å². The van der Waals surface area contributed by atoms with Crippen LogP contribution in [-0.2, 0) is 0 Å². The van der Waals surface area contributed by atoms with Crippen LogP contribution in [0.3, 0.4) is 0 Å². The lowest BCUT2D eigenvalue weighted by molar-refractivity contribution is 1.12. The average Bonchev–Trinajstić information content (AvgIpc) is 2.11. The fourth-order valence-electron chi connectivity index (χ4n) is 1.05. The molecule has 0 amide bonds. The summed E-state index contributed by atoms with van der Waals surface area (Å²) in [6, 6.07) is 0. The van der Waals surface area contributed by atoms with Gasteiger partial charge in [-0.25, -0.2) is 0 Å². The van der Waals surface area contributed by atoms with Gasteiger partial charge in [-0.15, -0.1) is 13.2 Å². The maximum absolute atomic E-state index is 5.48. The van der Waals surface area contributed by atoms with E-state index in [-0.39, 0.29) is 0 Å². The summed E-state index contributed by atoms with van der Waals surface area (Å²) < 4.78 is 0. The molecule has 0 aliphatic rings. The zero-order valence-corrected chi connectivity index (χ0v) is 7.72. The van der Waals surface area contributed by atoms with Crippen molar-refractivity contribution in [2.24, 2.45) is 5.73 Å². The van der Waals surface area contributed by atoms with Crippen LogP contribution >= 0.6 is 0 Å². The zero-order chi connectivity index (χ0) is 9.40. The molecule has 0 saturated carbocycles. The van der Waals surface area contributed by atoms with E-state index in [2.05, 4.69) is 19.2 Å². The van der Waals surface area contributed by atoms with Crippen LogP contribution < -0.4 is 5.73 Å². The zero-order valence-electron chi connectivity index (χ0n) is 7.72. The summed E-state index contributed by atoms with van der Waals surface area (Å²) >= 11 is 0. The lowest BCUT2D eigenvalue weighted by atomic mass is 10.0. The molecule has 0 aliphatic carbocycles. The second-order valence-electron chi connectivity index (χ2n) is 2.49. The first-order valence-corrected chi connectivity index (χ1v) is 4.08. The molecule has 0 rings (SSSR count). The lowest BCUT2D eigenvalue weighted by Gasteiger charge is -2.06. The van der Waals surface area contributed by atoms with Crippen LogP contribution in [0.25, 0.3) is 0 Å². The van der Waals surface area contributed by atoms with Gasteiger partial charge in [-0.05, 0) is 37.1 Å². The van der Waals surface area contributed by atoms with Gasteiger partial charge in [-0.2, -0.15) is 0 Å². The quantitative estimate of drug-likeness (QED) is 0.489. The number of nitrogens with two attached hydrogens (primary N) is 1. The molecule has 0 aliphatic heterocycles. The van der Waals surface area contributed by atoms with Crippen molar-refractivity contribution in [1.29, 1.82) is 0 Å². The van der Waals surface area contributed by atoms with E-state index in [1.54, 1.807) is 6.20 Å². The third-order valence-corrected chi connectivity index (χ3v) is 1.69. The Morgan fingerprint density at radius 3 is 2.00 bits per heavy atom. The summed E-state index contributed by atoms with van der Waals surface area (Å²) in [5.41, 5.74) is 7.84. The predicted octanol–water partition coefficient (Wildman–Crippen LogP) is 2.93. The molecule has 0 unspecified atom stereocenters. The Hall–Kier alpha value is -1.24. The van der Waals surface area contributed by atoms with Crippen molar-refractivity contribution in [2.75, 3.05) is 0 Å². The molecule has 0 fully saturated rings. The van der Waals surface area contributed by atoms with Gasteiger partial charge in [0, 0.05) is 0 Å². The summed E-state index contributed by atoms with van der Waals surface area (Å²) in [6.07, 6.45) is 9.12. The van der Waals surface area contributed by atoms with E-state index in [0.717, 1.165) is 18.4 Å². The maximum atomic E-state index is 5.48. The molecular weight excluding hydrogens is 146 g/mol. The van der Waals surface area contributed by atoms with Crippen molar-refractivity contribution >= 4 is 0 Å². The first-order chi connectivity index (χ1) is 5.79. The summed E-state index contributed by atoms with van der Waals surface area (Å²) in [6.45, 7) is 9.37. The maximum Gasteiger partial charge on any atom is -0.00237 e. The molecular formula is C11H17N. The Labute approximate surface area is 75.0 Å². The third kappa shape index (κ3) is 3.24. The molecule has 0 radical (unpaired) electrons. The highest BCUT2D eigenvalue weighted by Gasteiger charge is 1.98. The van der Waals surface area contributed by atoms with E-state index >= 15 is 0 Å². The Bertz CT molecular complexity index is 185. The molecule has 0 bridgehead atoms. The molecule has 66 valence electrons. The minimum atomic E-state index is 0.823. The number of hydrogen-bond acceptors (Lipinski definition) is 1. The van der Waals surface area contributed by atoms with Crippen molar-refractivity contribution < 1.29 is 0 Å². The van der Waals surface area contributed by atoms with Crippen LogP contribution in [0, 0.1) is 0 Å². The number of rotatable bonds is 5. The molecule has 12 heavy (non-hydrogen) atoms. The summed E-state index contributed by atoms with van der Waals surface area (Å²) in [5, 5.41) is 0. The first kappa shape index (κ1) is 10.8. The topological polar surface area (TPSA) is 26.0 Å². The van der Waals surface area contributed by atoms with Gasteiger partial charge in [0.15, 0.2) is 0 Å². The molecule has 2 N–H and O–H groups in total. The van der Waals surface area contributed by atoms with Gasteiger partial charge in [0.2, 0.25) is 0 Å². The molecule has 0 saturated heterocycles. The van der Waals surface area contributed by atoms with Crippen molar-refractivity contribution in [3.8, 4) is 0 Å². The van der Waals surface area contributed by atoms with Crippen LogP contribution in [-0.4, -0.2) is 0 Å². The molecule has 0 atom stereocenters. The van der Waals surface area contributed by atoms with Crippen LogP contribution in [0.2, 0.25) is 0 Å². The number of hydrogen-bond donors (Lipinski definition) is 1. The Morgan fingerprint density at radius 2 is 1.67 bits per heavy atom. The second kappa shape index (κ2) is 6.47. The van der Waals surface area contributed by atoms with Crippen molar-refractivity contribution in [3.05, 3.63) is 48.7 Å². The van der Waals surface area contributed by atoms with Crippen LogP contribution in [0.5, 0.6) is 0 Å². The van der Waals surface area contributed by atoms with Gasteiger partial charge in [0.1, 0.15) is 0 Å². The largest absolute Gasteiger partial charge is 0.404 e. The van der Waals surface area contributed by atoms with Crippen molar-refractivity contribution in [1.82, 2.24) is 0 Å². The van der Waals surface area contributed by atoms with Gasteiger partial charge in [0.05, 0.1) is 0 Å². The number of allylic oxidation sites excluding steroid dienone is 5. The molecule has 0 heterocycles. The molecule has 0 aromatic heterocycles. The highest BCUT2D eigenvalue weighted by atomic mass is 14.5. The third-order valence-electron chi connectivity index (χ3n) is 1.69. The monoisotopic (exact) mass is 163 g/mol. The fourth-order valence-corrected chi connectivity index (χ4v) is 1.05. The van der Waals surface area contributed by atoms with E-state index in [1.165, 1.54) is 5.57 Å². The van der Waals surface area contributed by atoms with Crippen molar-refractivity contribution in [3.63, 3.8) is 0 Å². The van der Waals surface area contributed by atoms with E-state index in [4.69, 9.17) is 5.73 Å². The van der Waals surface area contributed by atoms with E-state index < -0.39 is 0 Å². The Kier molecular flexibility index (Phi) is 5.80. The highest BCUT2D eigenvalue weighted by molar-refractivity contribution is 5.32. The second-order valence-corrected chi connectivity index (χ2v) is 2.49. The smallest absolute Gasteiger partial charge is 0.00237 e. The Balaban J connectivity index is 4.46. The van der Waals surface area contributed by atoms with Gasteiger partial charge in [-0.1, -0.05) is 18.2 Å². The molecule has 1 nitrogen and oxygen atoms in total. The minimum absolute atomic E-state index is 0.823. The predicted molar refractivity (Wildman–Crippen MR) is 55.7 cm³/mol. The lowest BCUT2D eigenvalue weighted by Crippen LogP contribution is -1.92. The van der Waals surface area contributed by atoms with Crippen LogP contribution in [0.1, 0.15) is 19.8 Å². The standard InChI is InChI=1S/C11H17N/c1-4-7-10(6-3)11(9-12)8-5-2/h4-6,9H,1-2,7-8,12H2,3H3/b10-6-,11-9-. The summed E-state index contributed by atoms with van der Waals surface area (Å²) in [7, 11) is 0. The van der Waals surface area contributed by atoms with E-state index in [0.29, 0.717) is 0 Å². The average molecular weight is 163 g/mol. The van der Waals surface area contributed by atoms with Gasteiger partial charge >= 0.3 is 0 Å². The van der Waals surface area contributed by atoms with Crippen LogP contribution in [0.15, 0.2) is 48.7 Å². The molecule has 1 heteroatoms. The normalized spacial score (nSPS) is 12.8. The van der Waals surface area contributed by atoms with Gasteiger partial charge < -0.3 is 5.73 Å². The van der Waals surface area contributed by atoms with Gasteiger partial charge in [-0.3, -0.25) is 0 Å². The summed E-state index contributed by atoms with van der Waals surface area (Å²) in [4.78, 5) is 0. The minimum Gasteiger partial charge on any atom is -0.404 e. The molecule has 0 aromatic rings. The summed E-state index contributed by atoms with van der Waals surface area (Å²) in [5.74, 6) is 0. The first-order valence-electron chi connectivity index (χ1n) is 4.08.